The normalized spacial score (nSPS) is 10.3. The lowest BCUT2D eigenvalue weighted by Gasteiger charge is -2.19. The highest BCUT2D eigenvalue weighted by atomic mass is 16.5. The van der Waals surface area contributed by atoms with Crippen LogP contribution in [0.15, 0.2) is 60.7 Å². The van der Waals surface area contributed by atoms with Gasteiger partial charge in [-0.2, -0.15) is 0 Å². The molecule has 6 nitrogen and oxygen atoms in total. The fourth-order valence-corrected chi connectivity index (χ4v) is 2.53. The summed E-state index contributed by atoms with van der Waals surface area (Å²) >= 11 is 0. The third-order valence-electron chi connectivity index (χ3n) is 3.89. The first-order valence-corrected chi connectivity index (χ1v) is 8.16. The molecule has 0 spiro atoms. The molecule has 0 saturated carbocycles. The third kappa shape index (κ3) is 3.97. The van der Waals surface area contributed by atoms with Crippen LogP contribution in [-0.4, -0.2) is 30.1 Å². The van der Waals surface area contributed by atoms with Gasteiger partial charge in [-0.15, -0.1) is 0 Å². The van der Waals surface area contributed by atoms with Crippen molar-refractivity contribution in [1.29, 1.82) is 0 Å². The van der Waals surface area contributed by atoms with Gasteiger partial charge in [0.25, 0.3) is 0 Å². The fraction of sp³-hybridized carbons (Fsp3) is 0.150. The molecule has 0 aliphatic heterocycles. The van der Waals surface area contributed by atoms with Crippen molar-refractivity contribution < 1.29 is 9.53 Å². The number of methoxy groups -OCH3 is 1. The molecule has 0 saturated heterocycles. The molecule has 2 aromatic carbocycles. The Hall–Kier alpha value is -3.41. The van der Waals surface area contributed by atoms with Crippen LogP contribution in [-0.2, 0) is 4.74 Å². The number of rotatable bonds is 5. The predicted molar refractivity (Wildman–Crippen MR) is 102 cm³/mol. The van der Waals surface area contributed by atoms with E-state index in [-0.39, 0.29) is 5.97 Å². The number of carbonyl (C=O) groups is 1. The minimum atomic E-state index is -0.360. The summed E-state index contributed by atoms with van der Waals surface area (Å²) in [6, 6.07) is 18.9. The van der Waals surface area contributed by atoms with Crippen LogP contribution in [0.2, 0.25) is 0 Å². The van der Waals surface area contributed by atoms with E-state index in [2.05, 4.69) is 15.3 Å². The molecule has 0 aliphatic rings. The molecule has 132 valence electrons. The van der Waals surface area contributed by atoms with Crippen molar-refractivity contribution >= 4 is 29.0 Å². The van der Waals surface area contributed by atoms with Crippen molar-refractivity contribution in [3.8, 4) is 0 Å². The fourth-order valence-electron chi connectivity index (χ4n) is 2.53. The van der Waals surface area contributed by atoms with E-state index in [1.807, 2.05) is 67.4 Å². The van der Waals surface area contributed by atoms with Crippen LogP contribution in [0, 0.1) is 6.92 Å². The third-order valence-corrected chi connectivity index (χ3v) is 3.89. The van der Waals surface area contributed by atoms with Gasteiger partial charge in [-0.1, -0.05) is 18.2 Å². The van der Waals surface area contributed by atoms with Crippen molar-refractivity contribution in [1.82, 2.24) is 9.97 Å². The number of aromatic nitrogens is 2. The zero-order valence-corrected chi connectivity index (χ0v) is 14.9. The summed E-state index contributed by atoms with van der Waals surface area (Å²) in [5.41, 5.74) is 2.37. The Morgan fingerprint density at radius 2 is 1.73 bits per heavy atom. The monoisotopic (exact) mass is 348 g/mol. The van der Waals surface area contributed by atoms with Crippen LogP contribution >= 0.6 is 0 Å². The Morgan fingerprint density at radius 1 is 1.04 bits per heavy atom. The highest BCUT2D eigenvalue weighted by molar-refractivity contribution is 5.89. The average Bonchev–Trinajstić information content (AvgIpc) is 2.67. The lowest BCUT2D eigenvalue weighted by Crippen LogP contribution is -2.12. The summed E-state index contributed by atoms with van der Waals surface area (Å²) in [7, 11) is 3.33. The number of para-hydroxylation sites is 1. The SMILES string of the molecule is COC(=O)c1ccc(Nc2cc(N(C)c3ccccc3)nc(C)n2)cc1. The summed E-state index contributed by atoms with van der Waals surface area (Å²) in [6.45, 7) is 1.86. The number of nitrogens with one attached hydrogen (secondary N) is 1. The van der Waals surface area contributed by atoms with Crippen molar-refractivity contribution in [3.63, 3.8) is 0 Å². The van der Waals surface area contributed by atoms with E-state index in [1.54, 1.807) is 12.1 Å². The first-order valence-electron chi connectivity index (χ1n) is 8.16. The lowest BCUT2D eigenvalue weighted by molar-refractivity contribution is 0.0601. The van der Waals surface area contributed by atoms with Gasteiger partial charge in [0, 0.05) is 24.5 Å². The second-order valence-corrected chi connectivity index (χ2v) is 5.75. The van der Waals surface area contributed by atoms with E-state index in [0.29, 0.717) is 17.2 Å². The molecule has 0 aliphatic carbocycles. The van der Waals surface area contributed by atoms with E-state index in [9.17, 15) is 4.79 Å². The van der Waals surface area contributed by atoms with Crippen LogP contribution in [0.25, 0.3) is 0 Å². The standard InChI is InChI=1S/C20H20N4O2/c1-14-21-18(23-16-11-9-15(10-12-16)20(25)26-3)13-19(22-14)24(2)17-7-5-4-6-8-17/h4-13H,1-3H3,(H,21,22,23). The Labute approximate surface area is 152 Å². The molecule has 6 heteroatoms. The maximum Gasteiger partial charge on any atom is 0.337 e. The number of hydrogen-bond donors (Lipinski definition) is 1. The van der Waals surface area contributed by atoms with Crippen LogP contribution in [0.5, 0.6) is 0 Å². The van der Waals surface area contributed by atoms with Gasteiger partial charge in [0.05, 0.1) is 12.7 Å². The van der Waals surface area contributed by atoms with Gasteiger partial charge in [-0.05, 0) is 43.3 Å². The van der Waals surface area contributed by atoms with E-state index in [4.69, 9.17) is 4.74 Å². The van der Waals surface area contributed by atoms with Gasteiger partial charge >= 0.3 is 5.97 Å². The number of ether oxygens (including phenoxy) is 1. The van der Waals surface area contributed by atoms with E-state index in [1.165, 1.54) is 7.11 Å². The van der Waals surface area contributed by atoms with Crippen LogP contribution in [0.1, 0.15) is 16.2 Å². The van der Waals surface area contributed by atoms with Gasteiger partial charge in [0.2, 0.25) is 0 Å². The Kier molecular flexibility index (Phi) is 5.12. The summed E-state index contributed by atoms with van der Waals surface area (Å²) in [6.07, 6.45) is 0. The molecule has 0 radical (unpaired) electrons. The molecular formula is C20H20N4O2. The zero-order chi connectivity index (χ0) is 18.5. The molecule has 1 N–H and O–H groups in total. The van der Waals surface area contributed by atoms with Gasteiger partial charge in [-0.25, -0.2) is 14.8 Å². The Balaban J connectivity index is 1.83. The summed E-state index contributed by atoms with van der Waals surface area (Å²) in [5.74, 6) is 1.78. The van der Waals surface area contributed by atoms with Gasteiger partial charge < -0.3 is 15.0 Å². The maximum absolute atomic E-state index is 11.5. The van der Waals surface area contributed by atoms with Crippen molar-refractivity contribution in [2.24, 2.45) is 0 Å². The van der Waals surface area contributed by atoms with Gasteiger partial charge in [0.15, 0.2) is 0 Å². The second kappa shape index (κ2) is 7.65. The number of anilines is 4. The smallest absolute Gasteiger partial charge is 0.337 e. The number of carbonyl (C=O) groups excluding carboxylic acids is 1. The lowest BCUT2D eigenvalue weighted by atomic mass is 10.2. The van der Waals surface area contributed by atoms with Crippen LogP contribution < -0.4 is 10.2 Å². The number of hydrogen-bond acceptors (Lipinski definition) is 6. The molecule has 0 bridgehead atoms. The molecule has 3 rings (SSSR count). The first kappa shape index (κ1) is 17.4. The molecule has 26 heavy (non-hydrogen) atoms. The number of esters is 1. The first-order chi connectivity index (χ1) is 12.6. The quantitative estimate of drug-likeness (QED) is 0.701. The van der Waals surface area contributed by atoms with Crippen LogP contribution in [0.3, 0.4) is 0 Å². The molecule has 0 fully saturated rings. The molecule has 0 amide bonds. The van der Waals surface area contributed by atoms with Crippen molar-refractivity contribution in [2.75, 3.05) is 24.4 Å². The minimum absolute atomic E-state index is 0.360. The minimum Gasteiger partial charge on any atom is -0.465 e. The second-order valence-electron chi connectivity index (χ2n) is 5.75. The Bertz CT molecular complexity index is 895. The van der Waals surface area contributed by atoms with Crippen molar-refractivity contribution in [3.05, 3.63) is 72.1 Å². The molecule has 1 heterocycles. The van der Waals surface area contributed by atoms with Crippen molar-refractivity contribution in [2.45, 2.75) is 6.92 Å². The van der Waals surface area contributed by atoms with Gasteiger partial charge in [-0.3, -0.25) is 0 Å². The van der Waals surface area contributed by atoms with E-state index in [0.717, 1.165) is 17.2 Å². The van der Waals surface area contributed by atoms with E-state index < -0.39 is 0 Å². The number of benzene rings is 2. The average molecular weight is 348 g/mol. The molecule has 3 aromatic rings. The van der Waals surface area contributed by atoms with Crippen LogP contribution in [0.4, 0.5) is 23.0 Å². The molecule has 0 unspecified atom stereocenters. The predicted octanol–water partition coefficient (Wildman–Crippen LogP) is 4.08. The largest absolute Gasteiger partial charge is 0.465 e. The van der Waals surface area contributed by atoms with Gasteiger partial charge in [0.1, 0.15) is 17.5 Å². The van der Waals surface area contributed by atoms with E-state index >= 15 is 0 Å². The highest BCUT2D eigenvalue weighted by Gasteiger charge is 2.09. The Morgan fingerprint density at radius 3 is 2.38 bits per heavy atom. The summed E-state index contributed by atoms with van der Waals surface area (Å²) < 4.78 is 4.71. The summed E-state index contributed by atoms with van der Waals surface area (Å²) in [5, 5.41) is 3.25. The zero-order valence-electron chi connectivity index (χ0n) is 14.9. The highest BCUT2D eigenvalue weighted by Crippen LogP contribution is 2.25. The molecular weight excluding hydrogens is 328 g/mol. The summed E-state index contributed by atoms with van der Waals surface area (Å²) in [4.78, 5) is 22.5. The molecule has 1 aromatic heterocycles. The topological polar surface area (TPSA) is 67.3 Å². The number of aryl methyl sites for hydroxylation is 1. The number of nitrogens with zero attached hydrogens (tertiary/aromatic N) is 3. The maximum atomic E-state index is 11.5. The molecule has 0 atom stereocenters.